The van der Waals surface area contributed by atoms with Gasteiger partial charge in [-0.15, -0.1) is 0 Å². The smallest absolute Gasteiger partial charge is 0.279 e. The normalized spacial score (nSPS) is 16.1. The van der Waals surface area contributed by atoms with Crippen molar-refractivity contribution in [3.8, 4) is 11.5 Å². The summed E-state index contributed by atoms with van der Waals surface area (Å²) >= 11 is 6.06. The van der Waals surface area contributed by atoms with Gasteiger partial charge in [0, 0.05) is 23.1 Å². The van der Waals surface area contributed by atoms with Gasteiger partial charge >= 0.3 is 0 Å². The number of benzene rings is 3. The summed E-state index contributed by atoms with van der Waals surface area (Å²) in [5.41, 5.74) is 3.11. The van der Waals surface area contributed by atoms with Crippen molar-refractivity contribution in [3.05, 3.63) is 88.4 Å². The number of methoxy groups -OCH3 is 2. The Kier molecular flexibility index (Phi) is 6.13. The maximum atomic E-state index is 13.6. The Labute approximate surface area is 193 Å². The largest absolute Gasteiger partial charge is 0.497 e. The predicted molar refractivity (Wildman–Crippen MR) is 125 cm³/mol. The standard InChI is InChI=1S/C24H23ClN2O4S/c1-16-4-11-20(12-5-16)32(28,29)27-23(17-6-8-18(25)9-7-17)15-22(26-27)21-13-10-19(30-2)14-24(21)31-3/h4-14,23H,15H2,1-3H3/t23-/m0/s1. The summed E-state index contributed by atoms with van der Waals surface area (Å²) in [4.78, 5) is 0.189. The number of halogens is 1. The van der Waals surface area contributed by atoms with Crippen molar-refractivity contribution >= 4 is 27.3 Å². The molecule has 0 saturated carbocycles. The van der Waals surface area contributed by atoms with Crippen molar-refractivity contribution < 1.29 is 17.9 Å². The number of rotatable bonds is 6. The zero-order valence-corrected chi connectivity index (χ0v) is 19.5. The fourth-order valence-electron chi connectivity index (χ4n) is 3.66. The molecule has 3 aromatic rings. The first kappa shape index (κ1) is 22.2. The average molecular weight is 471 g/mol. The minimum Gasteiger partial charge on any atom is -0.497 e. The van der Waals surface area contributed by atoms with Crippen LogP contribution in [0.1, 0.15) is 29.2 Å². The van der Waals surface area contributed by atoms with E-state index in [2.05, 4.69) is 5.10 Å². The molecule has 0 aromatic heterocycles. The minimum absolute atomic E-state index is 0.189. The molecule has 4 rings (SSSR count). The van der Waals surface area contributed by atoms with Crippen LogP contribution >= 0.6 is 11.6 Å². The molecule has 8 heteroatoms. The summed E-state index contributed by atoms with van der Waals surface area (Å²) in [6, 6.07) is 18.8. The first-order valence-electron chi connectivity index (χ1n) is 10.00. The number of hydrogen-bond acceptors (Lipinski definition) is 5. The van der Waals surface area contributed by atoms with Gasteiger partial charge in [0.05, 0.1) is 30.9 Å². The molecule has 166 valence electrons. The van der Waals surface area contributed by atoms with Crippen LogP contribution in [0, 0.1) is 6.92 Å². The van der Waals surface area contributed by atoms with E-state index in [-0.39, 0.29) is 4.90 Å². The Hall–Kier alpha value is -3.03. The second kappa shape index (κ2) is 8.84. The fraction of sp³-hybridized carbons (Fsp3) is 0.208. The van der Waals surface area contributed by atoms with E-state index in [9.17, 15) is 8.42 Å². The van der Waals surface area contributed by atoms with Crippen LogP contribution in [0.3, 0.4) is 0 Å². The SMILES string of the molecule is COc1ccc(C2=NN(S(=O)(=O)c3ccc(C)cc3)[C@H](c3ccc(Cl)cc3)C2)c(OC)c1. The van der Waals surface area contributed by atoms with Crippen LogP contribution in [0.4, 0.5) is 0 Å². The van der Waals surface area contributed by atoms with Gasteiger partial charge in [0.15, 0.2) is 0 Å². The highest BCUT2D eigenvalue weighted by molar-refractivity contribution is 7.89. The number of aryl methyl sites for hydroxylation is 1. The molecule has 0 fully saturated rings. The number of hydrogen-bond donors (Lipinski definition) is 0. The molecule has 3 aromatic carbocycles. The lowest BCUT2D eigenvalue weighted by molar-refractivity contribution is 0.371. The predicted octanol–water partition coefficient (Wildman–Crippen LogP) is 5.21. The molecule has 1 aliphatic heterocycles. The third-order valence-corrected chi connectivity index (χ3v) is 7.36. The third-order valence-electron chi connectivity index (χ3n) is 5.41. The molecule has 0 saturated heterocycles. The Balaban J connectivity index is 1.82. The number of sulfonamides is 1. The molecule has 1 aliphatic rings. The molecule has 0 amide bonds. The summed E-state index contributed by atoms with van der Waals surface area (Å²) in [6.45, 7) is 1.91. The number of nitrogens with zero attached hydrogens (tertiary/aromatic N) is 2. The van der Waals surface area contributed by atoms with Crippen LogP contribution in [-0.2, 0) is 10.0 Å². The maximum absolute atomic E-state index is 13.6. The van der Waals surface area contributed by atoms with Crippen LogP contribution in [0.15, 0.2) is 76.7 Å². The number of ether oxygens (including phenoxy) is 2. The molecular formula is C24H23ClN2O4S. The van der Waals surface area contributed by atoms with Gasteiger partial charge in [-0.3, -0.25) is 0 Å². The zero-order chi connectivity index (χ0) is 22.9. The van der Waals surface area contributed by atoms with Gasteiger partial charge in [-0.2, -0.15) is 17.9 Å². The van der Waals surface area contributed by atoms with Gasteiger partial charge in [0.25, 0.3) is 10.0 Å². The zero-order valence-electron chi connectivity index (χ0n) is 17.9. The van der Waals surface area contributed by atoms with E-state index in [1.165, 1.54) is 4.41 Å². The molecule has 1 heterocycles. The van der Waals surface area contributed by atoms with E-state index >= 15 is 0 Å². The van der Waals surface area contributed by atoms with Crippen molar-refractivity contribution in [2.45, 2.75) is 24.3 Å². The molecule has 0 bridgehead atoms. The summed E-state index contributed by atoms with van der Waals surface area (Å²) < 4.78 is 39.1. The summed E-state index contributed by atoms with van der Waals surface area (Å²) in [5, 5.41) is 5.16. The maximum Gasteiger partial charge on any atom is 0.279 e. The highest BCUT2D eigenvalue weighted by Crippen LogP contribution is 2.39. The quantitative estimate of drug-likeness (QED) is 0.496. The van der Waals surface area contributed by atoms with Gasteiger partial charge in [-0.1, -0.05) is 41.4 Å². The van der Waals surface area contributed by atoms with E-state index in [1.807, 2.05) is 25.1 Å². The van der Waals surface area contributed by atoms with Crippen molar-refractivity contribution in [2.75, 3.05) is 14.2 Å². The van der Waals surface area contributed by atoms with Crippen molar-refractivity contribution in [3.63, 3.8) is 0 Å². The Morgan fingerprint density at radius 1 is 0.969 bits per heavy atom. The summed E-state index contributed by atoms with van der Waals surface area (Å²) in [5.74, 6) is 1.20. The van der Waals surface area contributed by atoms with Gasteiger partial charge in [0.1, 0.15) is 11.5 Å². The van der Waals surface area contributed by atoms with E-state index in [0.29, 0.717) is 34.2 Å². The van der Waals surface area contributed by atoms with Crippen LogP contribution in [-0.4, -0.2) is 32.8 Å². The monoisotopic (exact) mass is 470 g/mol. The third kappa shape index (κ3) is 4.18. The molecule has 1 atom stereocenters. The Morgan fingerprint density at radius 2 is 1.66 bits per heavy atom. The second-order valence-electron chi connectivity index (χ2n) is 7.48. The lowest BCUT2D eigenvalue weighted by Gasteiger charge is -2.23. The average Bonchev–Trinajstić information content (AvgIpc) is 3.25. The Morgan fingerprint density at radius 3 is 2.28 bits per heavy atom. The molecule has 0 N–H and O–H groups in total. The van der Waals surface area contributed by atoms with Crippen LogP contribution in [0.2, 0.25) is 5.02 Å². The lowest BCUT2D eigenvalue weighted by atomic mass is 9.98. The van der Waals surface area contributed by atoms with Gasteiger partial charge in [-0.05, 0) is 48.9 Å². The molecule has 0 radical (unpaired) electrons. The van der Waals surface area contributed by atoms with Crippen LogP contribution in [0.5, 0.6) is 11.5 Å². The van der Waals surface area contributed by atoms with Crippen LogP contribution < -0.4 is 9.47 Å². The first-order valence-corrected chi connectivity index (χ1v) is 11.8. The molecule has 0 aliphatic carbocycles. The van der Waals surface area contributed by atoms with Crippen molar-refractivity contribution in [1.29, 1.82) is 0 Å². The van der Waals surface area contributed by atoms with Gasteiger partial charge in [0.2, 0.25) is 0 Å². The van der Waals surface area contributed by atoms with Gasteiger partial charge in [-0.25, -0.2) is 0 Å². The second-order valence-corrected chi connectivity index (χ2v) is 9.71. The first-order chi connectivity index (χ1) is 15.3. The van der Waals surface area contributed by atoms with E-state index in [4.69, 9.17) is 21.1 Å². The van der Waals surface area contributed by atoms with E-state index in [1.54, 1.807) is 62.8 Å². The van der Waals surface area contributed by atoms with E-state index in [0.717, 1.165) is 11.1 Å². The van der Waals surface area contributed by atoms with Crippen molar-refractivity contribution in [2.24, 2.45) is 5.10 Å². The molecule has 32 heavy (non-hydrogen) atoms. The topological polar surface area (TPSA) is 68.2 Å². The minimum atomic E-state index is -3.89. The molecule has 0 spiro atoms. The van der Waals surface area contributed by atoms with Gasteiger partial charge < -0.3 is 9.47 Å². The highest BCUT2D eigenvalue weighted by atomic mass is 35.5. The summed E-state index contributed by atoms with van der Waals surface area (Å²) in [7, 11) is -0.751. The molecular weight excluding hydrogens is 448 g/mol. The van der Waals surface area contributed by atoms with E-state index < -0.39 is 16.1 Å². The lowest BCUT2D eigenvalue weighted by Crippen LogP contribution is -2.27. The highest BCUT2D eigenvalue weighted by Gasteiger charge is 2.38. The Bertz CT molecular complexity index is 1260. The number of hydrazone groups is 1. The summed E-state index contributed by atoms with van der Waals surface area (Å²) in [6.07, 6.45) is 0.384. The van der Waals surface area contributed by atoms with Crippen molar-refractivity contribution in [1.82, 2.24) is 4.41 Å². The molecule has 6 nitrogen and oxygen atoms in total. The fourth-order valence-corrected chi connectivity index (χ4v) is 5.22. The van der Waals surface area contributed by atoms with Crippen LogP contribution in [0.25, 0.3) is 0 Å². The molecule has 0 unspecified atom stereocenters.